The molecule has 7 nitrogen and oxygen atoms in total. The van der Waals surface area contributed by atoms with Gasteiger partial charge < -0.3 is 15.4 Å². The third kappa shape index (κ3) is 5.53. The zero-order valence-corrected chi connectivity index (χ0v) is 16.2. The van der Waals surface area contributed by atoms with Crippen LogP contribution in [0.4, 0.5) is 5.13 Å². The fraction of sp³-hybridized carbons (Fsp3) is 0.167. The molecule has 3 rings (SSSR count). The Bertz CT molecular complexity index is 894. The smallest absolute Gasteiger partial charge is 0.257 e. The normalized spacial score (nSPS) is 10.3. The van der Waals surface area contributed by atoms with Crippen molar-refractivity contribution in [2.24, 2.45) is 0 Å². The summed E-state index contributed by atoms with van der Waals surface area (Å²) in [6.07, 6.45) is 0. The van der Waals surface area contributed by atoms with Crippen molar-refractivity contribution in [2.75, 3.05) is 19.0 Å². The second-order valence-corrected chi connectivity index (χ2v) is 6.98. The Kier molecular flexibility index (Phi) is 6.39. The highest BCUT2D eigenvalue weighted by Crippen LogP contribution is 2.24. The minimum Gasteiger partial charge on any atom is -0.497 e. The third-order valence-corrected chi connectivity index (χ3v) is 4.86. The van der Waals surface area contributed by atoms with Crippen LogP contribution in [0.25, 0.3) is 10.2 Å². The van der Waals surface area contributed by atoms with Crippen LogP contribution in [0.2, 0.25) is 0 Å². The lowest BCUT2D eigenvalue weighted by atomic mass is 10.2. The van der Waals surface area contributed by atoms with Crippen LogP contribution in [-0.4, -0.2) is 29.7 Å². The van der Waals surface area contributed by atoms with Gasteiger partial charge in [-0.05, 0) is 42.0 Å². The summed E-state index contributed by atoms with van der Waals surface area (Å²) in [6.45, 7) is 0.629. The Morgan fingerprint density at radius 1 is 1.15 bits per heavy atom. The molecule has 0 spiro atoms. The number of nitrogens with one attached hydrogen (secondary N) is 4. The molecule has 0 bridgehead atoms. The van der Waals surface area contributed by atoms with E-state index in [1.807, 2.05) is 48.5 Å². The largest absolute Gasteiger partial charge is 0.497 e. The second kappa shape index (κ2) is 9.15. The zero-order valence-electron chi connectivity index (χ0n) is 14.6. The van der Waals surface area contributed by atoms with Gasteiger partial charge in [-0.15, -0.1) is 0 Å². The molecule has 0 saturated heterocycles. The zero-order chi connectivity index (χ0) is 19.1. The van der Waals surface area contributed by atoms with Gasteiger partial charge in [0.1, 0.15) is 5.75 Å². The van der Waals surface area contributed by atoms with Crippen LogP contribution in [0, 0.1) is 0 Å². The number of rotatable bonds is 6. The number of hydrogen-bond acceptors (Lipinski definition) is 6. The molecule has 27 heavy (non-hydrogen) atoms. The summed E-state index contributed by atoms with van der Waals surface area (Å²) < 4.78 is 6.19. The SMILES string of the molecule is COc1ccc(CNC(=S)NNC(=O)CNc2nc3ccccc3s2)cc1. The number of thiazole rings is 1. The molecule has 0 atom stereocenters. The summed E-state index contributed by atoms with van der Waals surface area (Å²) in [5, 5.41) is 7.06. The molecule has 0 unspecified atom stereocenters. The van der Waals surface area contributed by atoms with Gasteiger partial charge in [0.2, 0.25) is 0 Å². The fourth-order valence-electron chi connectivity index (χ4n) is 2.24. The number of hydrogen-bond donors (Lipinski definition) is 4. The van der Waals surface area contributed by atoms with Crippen molar-refractivity contribution in [2.45, 2.75) is 6.54 Å². The molecule has 9 heteroatoms. The number of aromatic nitrogens is 1. The molecule has 1 heterocycles. The molecule has 1 aromatic heterocycles. The van der Waals surface area contributed by atoms with Crippen LogP contribution in [0.15, 0.2) is 48.5 Å². The van der Waals surface area contributed by atoms with E-state index in [0.717, 1.165) is 21.5 Å². The lowest BCUT2D eigenvalue weighted by Crippen LogP contribution is -2.48. The van der Waals surface area contributed by atoms with E-state index in [1.54, 1.807) is 7.11 Å². The molecule has 0 saturated carbocycles. The fourth-order valence-corrected chi connectivity index (χ4v) is 3.23. The van der Waals surface area contributed by atoms with Gasteiger partial charge in [0.05, 0.1) is 23.9 Å². The average molecular weight is 402 g/mol. The van der Waals surface area contributed by atoms with Crippen molar-refractivity contribution in [3.63, 3.8) is 0 Å². The lowest BCUT2D eigenvalue weighted by Gasteiger charge is -2.12. The first kappa shape index (κ1) is 18.9. The first-order chi connectivity index (χ1) is 13.1. The number of thiocarbonyl (C=S) groups is 1. The third-order valence-electron chi connectivity index (χ3n) is 3.62. The Hall–Kier alpha value is -2.91. The highest BCUT2D eigenvalue weighted by Gasteiger charge is 2.06. The summed E-state index contributed by atoms with van der Waals surface area (Å²) in [7, 11) is 1.63. The molecular formula is C18H19N5O2S2. The molecule has 1 amide bonds. The number of carbonyl (C=O) groups is 1. The van der Waals surface area contributed by atoms with E-state index in [-0.39, 0.29) is 12.5 Å². The molecule has 4 N–H and O–H groups in total. The molecule has 0 aliphatic heterocycles. The summed E-state index contributed by atoms with van der Waals surface area (Å²) >= 11 is 6.65. The quantitative estimate of drug-likeness (QED) is 0.373. The maximum Gasteiger partial charge on any atom is 0.257 e. The predicted octanol–water partition coefficient (Wildman–Crippen LogP) is 2.41. The number of amides is 1. The van der Waals surface area contributed by atoms with E-state index in [0.29, 0.717) is 16.8 Å². The number of nitrogens with zero attached hydrogens (tertiary/aromatic N) is 1. The van der Waals surface area contributed by atoms with Crippen LogP contribution >= 0.6 is 23.6 Å². The predicted molar refractivity (Wildman–Crippen MR) is 112 cm³/mol. The van der Waals surface area contributed by atoms with Crippen LogP contribution in [0.3, 0.4) is 0 Å². The van der Waals surface area contributed by atoms with Gasteiger partial charge in [-0.25, -0.2) is 4.98 Å². The maximum atomic E-state index is 11.9. The number of methoxy groups -OCH3 is 1. The minimum atomic E-state index is -0.247. The van der Waals surface area contributed by atoms with Crippen LogP contribution < -0.4 is 26.2 Å². The number of ether oxygens (including phenoxy) is 1. The number of hydrazine groups is 1. The summed E-state index contributed by atoms with van der Waals surface area (Å²) in [5.41, 5.74) is 7.17. The van der Waals surface area contributed by atoms with Crippen molar-refractivity contribution in [3.8, 4) is 5.75 Å². The number of para-hydroxylation sites is 1. The van der Waals surface area contributed by atoms with Crippen LogP contribution in [-0.2, 0) is 11.3 Å². The van der Waals surface area contributed by atoms with Crippen LogP contribution in [0.1, 0.15) is 5.56 Å². The molecule has 140 valence electrons. The molecule has 3 aromatic rings. The molecular weight excluding hydrogens is 382 g/mol. The monoisotopic (exact) mass is 401 g/mol. The van der Waals surface area contributed by atoms with Crippen molar-refractivity contribution in [1.82, 2.24) is 21.2 Å². The second-order valence-electron chi connectivity index (χ2n) is 5.54. The Morgan fingerprint density at radius 3 is 2.67 bits per heavy atom. The van der Waals surface area contributed by atoms with E-state index in [1.165, 1.54) is 11.3 Å². The van der Waals surface area contributed by atoms with Gasteiger partial charge in [-0.1, -0.05) is 35.6 Å². The van der Waals surface area contributed by atoms with Gasteiger partial charge >= 0.3 is 0 Å². The van der Waals surface area contributed by atoms with Gasteiger partial charge in [0.15, 0.2) is 10.2 Å². The summed E-state index contributed by atoms with van der Waals surface area (Å²) in [6, 6.07) is 15.5. The number of carbonyl (C=O) groups excluding carboxylic acids is 1. The molecule has 0 fully saturated rings. The van der Waals surface area contributed by atoms with Gasteiger partial charge in [0, 0.05) is 6.54 Å². The number of fused-ring (bicyclic) bond motifs is 1. The van der Waals surface area contributed by atoms with Crippen molar-refractivity contribution in [3.05, 3.63) is 54.1 Å². The lowest BCUT2D eigenvalue weighted by molar-refractivity contribution is -0.119. The standard InChI is InChI=1S/C18H19N5O2S2/c1-25-13-8-6-12(7-9-13)10-19-17(26)23-22-16(24)11-20-18-21-14-4-2-3-5-15(14)27-18/h2-9H,10-11H2,1H3,(H,20,21)(H,22,24)(H2,19,23,26). The van der Waals surface area contributed by atoms with E-state index < -0.39 is 0 Å². The van der Waals surface area contributed by atoms with Gasteiger partial charge in [-0.3, -0.25) is 15.6 Å². The van der Waals surface area contributed by atoms with E-state index in [9.17, 15) is 4.79 Å². The Labute approximate surface area is 166 Å². The number of benzene rings is 2. The summed E-state index contributed by atoms with van der Waals surface area (Å²) in [4.78, 5) is 16.3. The van der Waals surface area contributed by atoms with E-state index in [4.69, 9.17) is 17.0 Å². The molecule has 2 aromatic carbocycles. The van der Waals surface area contributed by atoms with E-state index in [2.05, 4.69) is 26.5 Å². The van der Waals surface area contributed by atoms with Crippen LogP contribution in [0.5, 0.6) is 5.75 Å². The Morgan fingerprint density at radius 2 is 1.93 bits per heavy atom. The topological polar surface area (TPSA) is 87.3 Å². The minimum absolute atomic E-state index is 0.0912. The molecule has 0 radical (unpaired) electrons. The van der Waals surface area contributed by atoms with Gasteiger partial charge in [0.25, 0.3) is 5.91 Å². The first-order valence-corrected chi connectivity index (χ1v) is 9.41. The molecule has 0 aliphatic carbocycles. The van der Waals surface area contributed by atoms with Crippen molar-refractivity contribution < 1.29 is 9.53 Å². The highest BCUT2D eigenvalue weighted by molar-refractivity contribution is 7.80. The van der Waals surface area contributed by atoms with Crippen molar-refractivity contribution >= 4 is 49.9 Å². The average Bonchev–Trinajstić information content (AvgIpc) is 3.12. The van der Waals surface area contributed by atoms with E-state index >= 15 is 0 Å². The number of anilines is 1. The molecule has 0 aliphatic rings. The summed E-state index contributed by atoms with van der Waals surface area (Å²) in [5.74, 6) is 0.551. The maximum absolute atomic E-state index is 11.9. The first-order valence-electron chi connectivity index (χ1n) is 8.19. The van der Waals surface area contributed by atoms with Crippen molar-refractivity contribution in [1.29, 1.82) is 0 Å². The Balaban J connectivity index is 1.37. The highest BCUT2D eigenvalue weighted by atomic mass is 32.1. The van der Waals surface area contributed by atoms with Gasteiger partial charge in [-0.2, -0.15) is 0 Å².